The van der Waals surface area contributed by atoms with Crippen molar-refractivity contribution in [1.29, 1.82) is 0 Å². The topological polar surface area (TPSA) is 78.5 Å². The molecule has 4 rings (SSSR count). The van der Waals surface area contributed by atoms with Crippen molar-refractivity contribution in [3.05, 3.63) is 81.7 Å². The lowest BCUT2D eigenvalue weighted by atomic mass is 10.1. The average molecular weight is 432 g/mol. The third-order valence-electron chi connectivity index (χ3n) is 4.79. The van der Waals surface area contributed by atoms with Crippen LogP contribution in [0.4, 0.5) is 17.1 Å². The minimum absolute atomic E-state index is 0.163. The molecule has 7 heteroatoms. The first kappa shape index (κ1) is 20.6. The third-order valence-corrected chi connectivity index (χ3v) is 5.68. The van der Waals surface area contributed by atoms with Gasteiger partial charge in [-0.3, -0.25) is 14.4 Å². The van der Waals surface area contributed by atoms with Crippen molar-refractivity contribution in [3.63, 3.8) is 0 Å². The Kier molecular flexibility index (Phi) is 5.44. The Morgan fingerprint density at radius 1 is 0.903 bits per heavy atom. The molecule has 0 saturated heterocycles. The van der Waals surface area contributed by atoms with Crippen LogP contribution in [0.5, 0.6) is 0 Å². The molecule has 2 heterocycles. The van der Waals surface area contributed by atoms with E-state index >= 15 is 0 Å². The fraction of sp³-hybridized carbons (Fsp3) is 0.125. The Morgan fingerprint density at radius 2 is 1.55 bits per heavy atom. The highest BCUT2D eigenvalue weighted by molar-refractivity contribution is 7.11. The molecule has 0 atom stereocenters. The Balaban J connectivity index is 1.73. The minimum atomic E-state index is -0.399. The second-order valence-electron chi connectivity index (χ2n) is 7.40. The summed E-state index contributed by atoms with van der Waals surface area (Å²) in [5.74, 6) is -0.914. The quantitative estimate of drug-likeness (QED) is 0.573. The van der Waals surface area contributed by atoms with Gasteiger partial charge in [-0.05, 0) is 72.8 Å². The molecule has 1 aliphatic rings. The summed E-state index contributed by atoms with van der Waals surface area (Å²) in [6.45, 7) is 5.31. The molecule has 31 heavy (non-hydrogen) atoms. The van der Waals surface area contributed by atoms with Crippen LogP contribution in [0.25, 0.3) is 5.57 Å². The lowest BCUT2D eigenvalue weighted by Crippen LogP contribution is -2.32. The number of amides is 3. The zero-order chi connectivity index (χ0) is 22.1. The maximum absolute atomic E-state index is 13.4. The highest BCUT2D eigenvalue weighted by Crippen LogP contribution is 2.36. The fourth-order valence-electron chi connectivity index (χ4n) is 3.59. The lowest BCUT2D eigenvalue weighted by Gasteiger charge is -2.17. The summed E-state index contributed by atoms with van der Waals surface area (Å²) in [5.41, 5.74) is 4.38. The summed E-state index contributed by atoms with van der Waals surface area (Å²) in [6, 6.07) is 16.3. The van der Waals surface area contributed by atoms with Crippen LogP contribution in [0.15, 0.2) is 65.7 Å². The summed E-state index contributed by atoms with van der Waals surface area (Å²) in [5, 5.41) is 7.71. The second-order valence-corrected chi connectivity index (χ2v) is 8.35. The summed E-state index contributed by atoms with van der Waals surface area (Å²) in [4.78, 5) is 40.0. The van der Waals surface area contributed by atoms with Gasteiger partial charge < -0.3 is 10.6 Å². The highest BCUT2D eigenvalue weighted by atomic mass is 32.1. The summed E-state index contributed by atoms with van der Waals surface area (Å²) >= 11 is 1.41. The van der Waals surface area contributed by atoms with E-state index in [-0.39, 0.29) is 17.5 Å². The van der Waals surface area contributed by atoms with Crippen LogP contribution in [0.2, 0.25) is 0 Å². The van der Waals surface area contributed by atoms with Crippen LogP contribution in [0, 0.1) is 13.8 Å². The molecule has 0 bridgehead atoms. The van der Waals surface area contributed by atoms with Gasteiger partial charge in [-0.15, -0.1) is 11.3 Å². The molecular weight excluding hydrogens is 410 g/mol. The molecule has 156 valence electrons. The van der Waals surface area contributed by atoms with E-state index in [1.165, 1.54) is 23.2 Å². The zero-order valence-corrected chi connectivity index (χ0v) is 18.2. The molecule has 0 spiro atoms. The first-order valence-electron chi connectivity index (χ1n) is 9.73. The number of hydrogen-bond acceptors (Lipinski definition) is 5. The number of imide groups is 1. The Hall–Kier alpha value is -3.71. The van der Waals surface area contributed by atoms with Crippen LogP contribution in [0.3, 0.4) is 0 Å². The molecule has 0 aliphatic carbocycles. The Morgan fingerprint density at radius 3 is 2.13 bits per heavy atom. The van der Waals surface area contributed by atoms with Gasteiger partial charge in [-0.25, -0.2) is 4.90 Å². The van der Waals surface area contributed by atoms with Gasteiger partial charge in [0, 0.05) is 23.2 Å². The van der Waals surface area contributed by atoms with Crippen LogP contribution in [-0.4, -0.2) is 17.7 Å². The van der Waals surface area contributed by atoms with E-state index < -0.39 is 5.91 Å². The number of carbonyl (C=O) groups is 3. The number of nitrogens with zero attached hydrogens (tertiary/aromatic N) is 1. The van der Waals surface area contributed by atoms with E-state index in [4.69, 9.17) is 0 Å². The van der Waals surface area contributed by atoms with Crippen molar-refractivity contribution in [2.75, 3.05) is 15.5 Å². The monoisotopic (exact) mass is 431 g/mol. The van der Waals surface area contributed by atoms with Crippen LogP contribution >= 0.6 is 11.3 Å². The first-order chi connectivity index (χ1) is 14.8. The maximum atomic E-state index is 13.4. The Bertz CT molecular complexity index is 1190. The van der Waals surface area contributed by atoms with Gasteiger partial charge in [0.1, 0.15) is 5.70 Å². The van der Waals surface area contributed by atoms with Gasteiger partial charge in [0.2, 0.25) is 5.91 Å². The van der Waals surface area contributed by atoms with Gasteiger partial charge in [0.25, 0.3) is 11.8 Å². The number of hydrogen-bond donors (Lipinski definition) is 2. The molecular formula is C24H21N3O3S. The van der Waals surface area contributed by atoms with E-state index in [1.807, 2.05) is 49.6 Å². The van der Waals surface area contributed by atoms with Crippen LogP contribution in [-0.2, 0) is 14.4 Å². The Labute approximate surface area is 184 Å². The van der Waals surface area contributed by atoms with Crippen molar-refractivity contribution in [1.82, 2.24) is 0 Å². The van der Waals surface area contributed by atoms with Gasteiger partial charge >= 0.3 is 0 Å². The fourth-order valence-corrected chi connectivity index (χ4v) is 4.36. The molecule has 3 amide bonds. The molecule has 1 aromatic heterocycles. The van der Waals surface area contributed by atoms with E-state index in [0.29, 0.717) is 22.6 Å². The largest absolute Gasteiger partial charge is 0.350 e. The van der Waals surface area contributed by atoms with E-state index in [9.17, 15) is 14.4 Å². The van der Waals surface area contributed by atoms with Crippen molar-refractivity contribution in [3.8, 4) is 0 Å². The van der Waals surface area contributed by atoms with Gasteiger partial charge in [0.15, 0.2) is 0 Å². The number of aryl methyl sites for hydroxylation is 2. The van der Waals surface area contributed by atoms with Crippen molar-refractivity contribution in [2.24, 2.45) is 0 Å². The zero-order valence-electron chi connectivity index (χ0n) is 17.4. The molecule has 6 nitrogen and oxygen atoms in total. The molecule has 3 aromatic rings. The number of nitrogens with one attached hydrogen (secondary N) is 2. The number of carbonyl (C=O) groups excluding carboxylic acids is 3. The predicted molar refractivity (Wildman–Crippen MR) is 124 cm³/mol. The summed E-state index contributed by atoms with van der Waals surface area (Å²) in [7, 11) is 0. The molecule has 2 aromatic carbocycles. The second kappa shape index (κ2) is 8.20. The molecule has 0 fully saturated rings. The van der Waals surface area contributed by atoms with Crippen LogP contribution < -0.4 is 15.5 Å². The van der Waals surface area contributed by atoms with Crippen LogP contribution in [0.1, 0.15) is 22.9 Å². The van der Waals surface area contributed by atoms with E-state index in [2.05, 4.69) is 10.6 Å². The van der Waals surface area contributed by atoms with E-state index in [0.717, 1.165) is 16.0 Å². The standard InChI is InChI=1S/C24H21N3O3S/c1-14-11-15(2)13-19(12-14)27-23(29)21(20-5-4-10-31-20)22(24(27)30)26-18-8-6-17(7-9-18)25-16(3)28/h4-13,26H,1-3H3,(H,25,28). The first-order valence-corrected chi connectivity index (χ1v) is 10.6. The summed E-state index contributed by atoms with van der Waals surface area (Å²) < 4.78 is 0. The average Bonchev–Trinajstić information content (AvgIpc) is 3.29. The normalized spacial score (nSPS) is 13.7. The van der Waals surface area contributed by atoms with Gasteiger partial charge in [-0.1, -0.05) is 12.1 Å². The number of thiophene rings is 1. The third kappa shape index (κ3) is 4.13. The van der Waals surface area contributed by atoms with Gasteiger partial charge in [0.05, 0.1) is 11.3 Å². The predicted octanol–water partition coefficient (Wildman–Crippen LogP) is 4.72. The SMILES string of the molecule is CC(=O)Nc1ccc(NC2=C(c3cccs3)C(=O)N(c3cc(C)cc(C)c3)C2=O)cc1. The highest BCUT2D eigenvalue weighted by Gasteiger charge is 2.40. The maximum Gasteiger partial charge on any atom is 0.282 e. The minimum Gasteiger partial charge on any atom is -0.350 e. The molecule has 0 saturated carbocycles. The van der Waals surface area contributed by atoms with Crippen molar-refractivity contribution < 1.29 is 14.4 Å². The number of anilines is 3. The van der Waals surface area contributed by atoms with E-state index in [1.54, 1.807) is 24.3 Å². The smallest absolute Gasteiger partial charge is 0.282 e. The molecule has 0 radical (unpaired) electrons. The number of rotatable bonds is 5. The van der Waals surface area contributed by atoms with Crippen molar-refractivity contribution in [2.45, 2.75) is 20.8 Å². The lowest BCUT2D eigenvalue weighted by molar-refractivity contribution is -0.120. The van der Waals surface area contributed by atoms with Gasteiger partial charge in [-0.2, -0.15) is 0 Å². The van der Waals surface area contributed by atoms with Crippen molar-refractivity contribution >= 4 is 51.7 Å². The molecule has 1 aliphatic heterocycles. The number of benzene rings is 2. The molecule has 0 unspecified atom stereocenters. The summed E-state index contributed by atoms with van der Waals surface area (Å²) in [6.07, 6.45) is 0. The molecule has 2 N–H and O–H groups in total.